The molecule has 0 N–H and O–H groups in total. The van der Waals surface area contributed by atoms with Crippen LogP contribution in [-0.4, -0.2) is 30.6 Å². The van der Waals surface area contributed by atoms with Crippen molar-refractivity contribution in [3.8, 4) is 11.6 Å². The van der Waals surface area contributed by atoms with Crippen molar-refractivity contribution in [2.24, 2.45) is 5.16 Å². The fraction of sp³-hybridized carbons (Fsp3) is 0.114. The molecule has 0 saturated carbocycles. The number of carbonyl (C=O) groups is 2. The highest BCUT2D eigenvalue weighted by atomic mass is 32.2. The Morgan fingerprint density at radius 1 is 0.867 bits per heavy atom. The van der Waals surface area contributed by atoms with Crippen LogP contribution in [0.2, 0.25) is 0 Å². The number of para-hydroxylation sites is 1. The van der Waals surface area contributed by atoms with E-state index < -0.39 is 27.5 Å². The standard InChI is InChI=1S/C35H28N2O7S/c1-22-9-7-12-29-32-23(2)28(34(39)35(36-44-24(3)38)43-31-13-8-20-42-31)18-19-30(32)37(33(22)29)26-14-16-27(17-15-26)45(40,41)21-25-10-5-4-6-11-25/h4-20H,21H2,1-3H3. The first-order valence-corrected chi connectivity index (χ1v) is 15.7. The molecule has 226 valence electrons. The number of nitrogens with zero attached hydrogens (tertiary/aromatic N) is 2. The molecular formula is C35H28N2O7S. The van der Waals surface area contributed by atoms with Gasteiger partial charge >= 0.3 is 11.9 Å². The van der Waals surface area contributed by atoms with Crippen molar-refractivity contribution in [2.45, 2.75) is 31.4 Å². The molecule has 2 aromatic heterocycles. The molecule has 4 aromatic carbocycles. The van der Waals surface area contributed by atoms with Crippen molar-refractivity contribution < 1.29 is 32.0 Å². The molecule has 6 aromatic rings. The van der Waals surface area contributed by atoms with Crippen LogP contribution in [0.15, 0.2) is 118 Å². The molecule has 10 heteroatoms. The van der Waals surface area contributed by atoms with Gasteiger partial charge in [0.2, 0.25) is 0 Å². The van der Waals surface area contributed by atoms with E-state index in [1.54, 1.807) is 48.5 Å². The summed E-state index contributed by atoms with van der Waals surface area (Å²) in [6.45, 7) is 4.99. The minimum Gasteiger partial charge on any atom is -0.434 e. The molecule has 6 rings (SSSR count). The molecule has 0 amide bonds. The number of ketones is 1. The lowest BCUT2D eigenvalue weighted by Gasteiger charge is -2.12. The van der Waals surface area contributed by atoms with Crippen molar-refractivity contribution in [3.05, 3.63) is 126 Å². The molecule has 45 heavy (non-hydrogen) atoms. The average Bonchev–Trinajstić information content (AvgIpc) is 3.66. The third kappa shape index (κ3) is 5.75. The number of oxime groups is 1. The van der Waals surface area contributed by atoms with Gasteiger partial charge in [0.25, 0.3) is 11.7 Å². The highest BCUT2D eigenvalue weighted by Gasteiger charge is 2.25. The number of benzene rings is 4. The molecule has 0 radical (unpaired) electrons. The molecule has 0 bridgehead atoms. The van der Waals surface area contributed by atoms with Crippen molar-refractivity contribution in [3.63, 3.8) is 0 Å². The Hall–Kier alpha value is -5.48. The van der Waals surface area contributed by atoms with E-state index in [9.17, 15) is 18.0 Å². The molecule has 2 heterocycles. The summed E-state index contributed by atoms with van der Waals surface area (Å²) in [5.74, 6) is -1.87. The van der Waals surface area contributed by atoms with Crippen LogP contribution in [0.4, 0.5) is 0 Å². The molecule has 0 atom stereocenters. The second-order valence-corrected chi connectivity index (χ2v) is 12.5. The van der Waals surface area contributed by atoms with Gasteiger partial charge < -0.3 is 18.6 Å². The van der Waals surface area contributed by atoms with Crippen LogP contribution in [0, 0.1) is 13.8 Å². The number of furan rings is 1. The minimum atomic E-state index is -3.56. The van der Waals surface area contributed by atoms with E-state index in [-0.39, 0.29) is 16.6 Å². The summed E-state index contributed by atoms with van der Waals surface area (Å²) in [7, 11) is -3.56. The third-order valence-corrected chi connectivity index (χ3v) is 9.16. The summed E-state index contributed by atoms with van der Waals surface area (Å²) in [4.78, 5) is 30.2. The van der Waals surface area contributed by atoms with Crippen LogP contribution in [0.5, 0.6) is 5.95 Å². The second-order valence-electron chi connectivity index (χ2n) is 10.5. The first-order chi connectivity index (χ1) is 21.6. The van der Waals surface area contributed by atoms with Gasteiger partial charge in [0, 0.05) is 35.0 Å². The maximum atomic E-state index is 13.7. The van der Waals surface area contributed by atoms with Crippen LogP contribution in [0.25, 0.3) is 27.5 Å². The van der Waals surface area contributed by atoms with E-state index in [2.05, 4.69) is 9.72 Å². The van der Waals surface area contributed by atoms with E-state index in [0.717, 1.165) is 45.5 Å². The number of hydrogen-bond donors (Lipinski definition) is 0. The van der Waals surface area contributed by atoms with Gasteiger partial charge in [-0.25, -0.2) is 13.2 Å². The minimum absolute atomic E-state index is 0.00874. The highest BCUT2D eigenvalue weighted by Crippen LogP contribution is 2.37. The number of carbonyl (C=O) groups excluding carboxylic acids is 2. The Labute approximate surface area is 259 Å². The average molecular weight is 621 g/mol. The van der Waals surface area contributed by atoms with E-state index in [1.807, 2.05) is 56.3 Å². The summed E-state index contributed by atoms with van der Waals surface area (Å²) in [5.41, 5.74) is 5.17. The molecule has 0 saturated heterocycles. The van der Waals surface area contributed by atoms with Gasteiger partial charge in [-0.1, -0.05) is 48.5 Å². The van der Waals surface area contributed by atoms with Crippen LogP contribution < -0.4 is 4.74 Å². The van der Waals surface area contributed by atoms with Crippen molar-refractivity contribution in [1.29, 1.82) is 0 Å². The normalized spacial score (nSPS) is 12.0. The van der Waals surface area contributed by atoms with Crippen LogP contribution in [0.1, 0.15) is 34.0 Å². The first kappa shape index (κ1) is 29.6. The predicted molar refractivity (Wildman–Crippen MR) is 170 cm³/mol. The van der Waals surface area contributed by atoms with Gasteiger partial charge in [0.05, 0.1) is 27.9 Å². The zero-order valence-corrected chi connectivity index (χ0v) is 25.5. The van der Waals surface area contributed by atoms with E-state index >= 15 is 0 Å². The van der Waals surface area contributed by atoms with Gasteiger partial charge in [-0.05, 0) is 78.2 Å². The Kier molecular flexibility index (Phi) is 7.82. The number of fused-ring (bicyclic) bond motifs is 3. The number of ether oxygens (including phenoxy) is 1. The van der Waals surface area contributed by atoms with Crippen LogP contribution >= 0.6 is 0 Å². The van der Waals surface area contributed by atoms with Gasteiger partial charge in [0.15, 0.2) is 9.84 Å². The summed E-state index contributed by atoms with van der Waals surface area (Å²) >= 11 is 0. The fourth-order valence-electron chi connectivity index (χ4n) is 5.44. The Morgan fingerprint density at radius 3 is 2.31 bits per heavy atom. The van der Waals surface area contributed by atoms with Crippen molar-refractivity contribution in [1.82, 2.24) is 4.57 Å². The Bertz CT molecular complexity index is 2200. The molecule has 9 nitrogen and oxygen atoms in total. The topological polar surface area (TPSA) is 117 Å². The molecule has 0 aliphatic heterocycles. The number of hydrogen-bond acceptors (Lipinski definition) is 8. The lowest BCUT2D eigenvalue weighted by atomic mass is 9.98. The zero-order valence-electron chi connectivity index (χ0n) is 24.7. The molecule has 0 spiro atoms. The smallest absolute Gasteiger partial charge is 0.332 e. The monoisotopic (exact) mass is 620 g/mol. The Balaban J connectivity index is 1.45. The fourth-order valence-corrected chi connectivity index (χ4v) is 6.79. The van der Waals surface area contributed by atoms with E-state index in [1.165, 1.54) is 12.3 Å². The number of rotatable bonds is 8. The summed E-state index contributed by atoms with van der Waals surface area (Å²) < 4.78 is 39.1. The zero-order chi connectivity index (χ0) is 31.7. The predicted octanol–water partition coefficient (Wildman–Crippen LogP) is 7.11. The van der Waals surface area contributed by atoms with Gasteiger partial charge in [-0.2, -0.15) is 0 Å². The summed E-state index contributed by atoms with van der Waals surface area (Å²) in [5, 5.41) is 5.39. The maximum Gasteiger partial charge on any atom is 0.332 e. The molecule has 0 aliphatic rings. The summed E-state index contributed by atoms with van der Waals surface area (Å²) in [6, 6.07) is 28.4. The van der Waals surface area contributed by atoms with E-state index in [0.29, 0.717) is 11.1 Å². The van der Waals surface area contributed by atoms with Crippen molar-refractivity contribution >= 4 is 49.3 Å². The van der Waals surface area contributed by atoms with Crippen LogP contribution in [-0.2, 0) is 25.2 Å². The van der Waals surface area contributed by atoms with Gasteiger partial charge in [-0.15, -0.1) is 0 Å². The highest BCUT2D eigenvalue weighted by molar-refractivity contribution is 7.90. The quantitative estimate of drug-likeness (QED) is 0.0585. The SMILES string of the molecule is CC(=O)ON=C(Oc1ccco1)C(=O)c1ccc2c(c1C)c1cccc(C)c1n2-c1ccc(S(=O)(=O)Cc2ccccc2)cc1. The second kappa shape index (κ2) is 11.9. The number of aryl methyl sites for hydroxylation is 2. The third-order valence-electron chi connectivity index (χ3n) is 7.46. The first-order valence-electron chi connectivity index (χ1n) is 14.1. The Morgan fingerprint density at radius 2 is 1.62 bits per heavy atom. The van der Waals surface area contributed by atoms with Crippen molar-refractivity contribution in [2.75, 3.05) is 0 Å². The van der Waals surface area contributed by atoms with Gasteiger partial charge in [0.1, 0.15) is 0 Å². The van der Waals surface area contributed by atoms with Crippen LogP contribution in [0.3, 0.4) is 0 Å². The molecule has 0 unspecified atom stereocenters. The summed E-state index contributed by atoms with van der Waals surface area (Å²) in [6.07, 6.45) is 1.38. The largest absolute Gasteiger partial charge is 0.434 e. The lowest BCUT2D eigenvalue weighted by Crippen LogP contribution is -2.22. The van der Waals surface area contributed by atoms with Gasteiger partial charge in [-0.3, -0.25) is 4.79 Å². The lowest BCUT2D eigenvalue weighted by molar-refractivity contribution is -0.141. The van der Waals surface area contributed by atoms with E-state index in [4.69, 9.17) is 14.0 Å². The molecule has 0 fully saturated rings. The maximum absolute atomic E-state index is 13.7. The molecule has 0 aliphatic carbocycles. The molecular weight excluding hydrogens is 592 g/mol. The number of Topliss-reactive ketones (excluding diaryl/α,β-unsaturated/α-hetero) is 1. The number of sulfone groups is 1. The number of aromatic nitrogens is 1.